The van der Waals surface area contributed by atoms with E-state index < -0.39 is 6.09 Å². The number of halogens is 1. The number of alkyl carbamates (subject to hydrolysis) is 1. The SMILES string of the molecule is C[C@@H](NC(=O)OCc1ccc(Br)nn1)c1ncccn1. The fourth-order valence-electron chi connectivity index (χ4n) is 1.38. The van der Waals surface area contributed by atoms with E-state index in [1.807, 2.05) is 0 Å². The Balaban J connectivity index is 1.82. The second kappa shape index (κ2) is 6.90. The molecule has 2 aromatic rings. The van der Waals surface area contributed by atoms with E-state index in [2.05, 4.69) is 41.4 Å². The largest absolute Gasteiger partial charge is 0.443 e. The van der Waals surface area contributed by atoms with Gasteiger partial charge in [-0.25, -0.2) is 14.8 Å². The molecule has 2 heterocycles. The lowest BCUT2D eigenvalue weighted by molar-refractivity contribution is 0.134. The molecule has 2 aromatic heterocycles. The van der Waals surface area contributed by atoms with E-state index in [1.165, 1.54) is 0 Å². The Morgan fingerprint density at radius 3 is 2.75 bits per heavy atom. The van der Waals surface area contributed by atoms with Crippen LogP contribution in [0.25, 0.3) is 0 Å². The Hall–Kier alpha value is -2.09. The molecule has 104 valence electrons. The van der Waals surface area contributed by atoms with Crippen molar-refractivity contribution < 1.29 is 9.53 Å². The maximum atomic E-state index is 11.6. The quantitative estimate of drug-likeness (QED) is 0.917. The molecule has 1 atom stereocenters. The van der Waals surface area contributed by atoms with Gasteiger partial charge in [-0.05, 0) is 41.1 Å². The number of aromatic nitrogens is 4. The normalized spacial score (nSPS) is 11.7. The predicted octanol–water partition coefficient (Wildman–Crippen LogP) is 2.02. The Morgan fingerprint density at radius 2 is 2.10 bits per heavy atom. The number of carbonyl (C=O) groups excluding carboxylic acids is 1. The number of ether oxygens (including phenoxy) is 1. The van der Waals surface area contributed by atoms with Crippen molar-refractivity contribution in [3.05, 3.63) is 46.7 Å². The molecule has 1 amide bonds. The lowest BCUT2D eigenvalue weighted by Crippen LogP contribution is -2.28. The Labute approximate surface area is 123 Å². The maximum Gasteiger partial charge on any atom is 0.408 e. The van der Waals surface area contributed by atoms with E-state index in [0.717, 1.165) is 0 Å². The average molecular weight is 338 g/mol. The van der Waals surface area contributed by atoms with Gasteiger partial charge in [0.15, 0.2) is 0 Å². The summed E-state index contributed by atoms with van der Waals surface area (Å²) < 4.78 is 5.66. The monoisotopic (exact) mass is 337 g/mol. The molecule has 0 radical (unpaired) electrons. The van der Waals surface area contributed by atoms with Crippen LogP contribution >= 0.6 is 15.9 Å². The molecule has 0 saturated heterocycles. The van der Waals surface area contributed by atoms with Gasteiger partial charge in [0, 0.05) is 12.4 Å². The van der Waals surface area contributed by atoms with Gasteiger partial charge < -0.3 is 10.1 Å². The Morgan fingerprint density at radius 1 is 1.35 bits per heavy atom. The highest BCUT2D eigenvalue weighted by molar-refractivity contribution is 9.10. The number of carbonyl (C=O) groups is 1. The number of nitrogens with zero attached hydrogens (tertiary/aromatic N) is 4. The minimum Gasteiger partial charge on any atom is -0.443 e. The number of nitrogens with one attached hydrogen (secondary N) is 1. The zero-order chi connectivity index (χ0) is 14.4. The van der Waals surface area contributed by atoms with Crippen LogP contribution in [0, 0.1) is 0 Å². The number of hydrogen-bond donors (Lipinski definition) is 1. The van der Waals surface area contributed by atoms with Crippen molar-refractivity contribution in [1.82, 2.24) is 25.5 Å². The third-order valence-electron chi connectivity index (χ3n) is 2.35. The highest BCUT2D eigenvalue weighted by Gasteiger charge is 2.12. The summed E-state index contributed by atoms with van der Waals surface area (Å²) in [5.74, 6) is 0.521. The number of rotatable bonds is 4. The molecule has 8 heteroatoms. The minimum atomic E-state index is -0.560. The Kier molecular flexibility index (Phi) is 4.94. The summed E-state index contributed by atoms with van der Waals surface area (Å²) in [6.07, 6.45) is 2.67. The summed E-state index contributed by atoms with van der Waals surface area (Å²) in [6.45, 7) is 1.82. The zero-order valence-electron chi connectivity index (χ0n) is 10.7. The van der Waals surface area contributed by atoms with Crippen LogP contribution in [-0.2, 0) is 11.3 Å². The van der Waals surface area contributed by atoms with Crippen molar-refractivity contribution in [3.63, 3.8) is 0 Å². The number of amides is 1. The summed E-state index contributed by atoms with van der Waals surface area (Å²) >= 11 is 3.18. The molecule has 0 aliphatic heterocycles. The molecule has 1 N–H and O–H groups in total. The first-order valence-electron chi connectivity index (χ1n) is 5.83. The van der Waals surface area contributed by atoms with E-state index in [0.29, 0.717) is 16.1 Å². The predicted molar refractivity (Wildman–Crippen MR) is 73.5 cm³/mol. The fraction of sp³-hybridized carbons (Fsp3) is 0.250. The van der Waals surface area contributed by atoms with Crippen molar-refractivity contribution >= 4 is 22.0 Å². The summed E-state index contributed by atoms with van der Waals surface area (Å²) in [7, 11) is 0. The highest BCUT2D eigenvalue weighted by Crippen LogP contribution is 2.06. The third kappa shape index (κ3) is 4.23. The fourth-order valence-corrected chi connectivity index (χ4v) is 1.59. The smallest absolute Gasteiger partial charge is 0.408 e. The lowest BCUT2D eigenvalue weighted by atomic mass is 10.3. The van der Waals surface area contributed by atoms with Gasteiger partial charge in [0.2, 0.25) is 0 Å². The van der Waals surface area contributed by atoms with Crippen LogP contribution in [0.3, 0.4) is 0 Å². The minimum absolute atomic E-state index is 0.0501. The maximum absolute atomic E-state index is 11.6. The van der Waals surface area contributed by atoms with Gasteiger partial charge in [-0.15, -0.1) is 5.10 Å². The molecular formula is C12H12BrN5O2. The van der Waals surface area contributed by atoms with Crippen molar-refractivity contribution in [2.45, 2.75) is 19.6 Å². The summed E-state index contributed by atoms with van der Waals surface area (Å²) in [5, 5.41) is 10.3. The molecule has 0 bridgehead atoms. The highest BCUT2D eigenvalue weighted by atomic mass is 79.9. The molecule has 2 rings (SSSR count). The standard InChI is InChI=1S/C12H12BrN5O2/c1-8(11-14-5-2-6-15-11)16-12(19)20-7-9-3-4-10(13)18-17-9/h2-6,8H,7H2,1H3,(H,16,19)/t8-/m1/s1. The van der Waals surface area contributed by atoms with E-state index in [-0.39, 0.29) is 12.6 Å². The van der Waals surface area contributed by atoms with Crippen molar-refractivity contribution in [1.29, 1.82) is 0 Å². The van der Waals surface area contributed by atoms with E-state index in [9.17, 15) is 4.79 Å². The molecule has 0 aliphatic carbocycles. The second-order valence-electron chi connectivity index (χ2n) is 3.90. The summed E-state index contributed by atoms with van der Waals surface area (Å²) in [5.41, 5.74) is 0.562. The second-order valence-corrected chi connectivity index (χ2v) is 4.71. The first-order chi connectivity index (χ1) is 9.65. The molecule has 0 spiro atoms. The molecule has 0 saturated carbocycles. The first-order valence-corrected chi connectivity index (χ1v) is 6.63. The van der Waals surface area contributed by atoms with E-state index in [4.69, 9.17) is 4.74 Å². The van der Waals surface area contributed by atoms with Crippen molar-refractivity contribution in [2.75, 3.05) is 0 Å². The molecular weight excluding hydrogens is 326 g/mol. The van der Waals surface area contributed by atoms with Crippen molar-refractivity contribution in [2.24, 2.45) is 0 Å². The van der Waals surface area contributed by atoms with E-state index in [1.54, 1.807) is 37.5 Å². The van der Waals surface area contributed by atoms with Gasteiger partial charge in [-0.3, -0.25) is 0 Å². The summed E-state index contributed by atoms with van der Waals surface area (Å²) in [6, 6.07) is 4.82. The number of hydrogen-bond acceptors (Lipinski definition) is 6. The van der Waals surface area contributed by atoms with Crippen LogP contribution in [0.2, 0.25) is 0 Å². The summed E-state index contributed by atoms with van der Waals surface area (Å²) in [4.78, 5) is 19.7. The molecule has 7 nitrogen and oxygen atoms in total. The average Bonchev–Trinajstić information content (AvgIpc) is 2.47. The van der Waals surface area contributed by atoms with Crippen LogP contribution in [0.5, 0.6) is 0 Å². The topological polar surface area (TPSA) is 89.9 Å². The van der Waals surface area contributed by atoms with Gasteiger partial charge in [-0.2, -0.15) is 5.10 Å². The van der Waals surface area contributed by atoms with Crippen LogP contribution < -0.4 is 5.32 Å². The van der Waals surface area contributed by atoms with E-state index >= 15 is 0 Å². The van der Waals surface area contributed by atoms with Crippen LogP contribution in [0.1, 0.15) is 24.5 Å². The third-order valence-corrected chi connectivity index (χ3v) is 2.77. The van der Waals surface area contributed by atoms with Gasteiger partial charge in [0.05, 0.1) is 6.04 Å². The molecule has 0 fully saturated rings. The lowest BCUT2D eigenvalue weighted by Gasteiger charge is -2.12. The van der Waals surface area contributed by atoms with Gasteiger partial charge in [0.1, 0.15) is 22.7 Å². The van der Waals surface area contributed by atoms with Crippen LogP contribution in [0.15, 0.2) is 35.2 Å². The van der Waals surface area contributed by atoms with Crippen LogP contribution in [-0.4, -0.2) is 26.3 Å². The van der Waals surface area contributed by atoms with Gasteiger partial charge >= 0.3 is 6.09 Å². The van der Waals surface area contributed by atoms with Gasteiger partial charge in [0.25, 0.3) is 0 Å². The molecule has 0 unspecified atom stereocenters. The zero-order valence-corrected chi connectivity index (χ0v) is 12.2. The van der Waals surface area contributed by atoms with Crippen molar-refractivity contribution in [3.8, 4) is 0 Å². The molecule has 0 aromatic carbocycles. The molecule has 20 heavy (non-hydrogen) atoms. The first kappa shape index (κ1) is 14.3. The Bertz CT molecular complexity index is 564. The van der Waals surface area contributed by atoms with Crippen LogP contribution in [0.4, 0.5) is 4.79 Å². The van der Waals surface area contributed by atoms with Gasteiger partial charge in [-0.1, -0.05) is 0 Å². The molecule has 0 aliphatic rings.